The van der Waals surface area contributed by atoms with Crippen LogP contribution in [0.2, 0.25) is 0 Å². The van der Waals surface area contributed by atoms with Crippen LogP contribution in [0.3, 0.4) is 0 Å². The van der Waals surface area contributed by atoms with Crippen LogP contribution in [0.15, 0.2) is 22.7 Å². The van der Waals surface area contributed by atoms with Crippen LogP contribution >= 0.6 is 24.8 Å². The molecule has 4 nitrogen and oxygen atoms in total. The van der Waals surface area contributed by atoms with Gasteiger partial charge in [-0.15, -0.1) is 24.8 Å². The van der Waals surface area contributed by atoms with E-state index in [0.717, 1.165) is 43.6 Å². The Morgan fingerprint density at radius 2 is 1.75 bits per heavy atom. The molecule has 0 N–H and O–H groups in total. The molecule has 1 aromatic carbocycles. The highest BCUT2D eigenvalue weighted by Crippen LogP contribution is 2.20. The highest BCUT2D eigenvalue weighted by Gasteiger charge is 2.16. The van der Waals surface area contributed by atoms with E-state index in [1.165, 1.54) is 38.2 Å². The van der Waals surface area contributed by atoms with Crippen LogP contribution in [0.1, 0.15) is 25.5 Å². The Balaban J connectivity index is 0.00000144. The number of piperazine rings is 1. The first kappa shape index (κ1) is 21.2. The first-order valence-corrected chi connectivity index (χ1v) is 8.25. The van der Waals surface area contributed by atoms with Crippen molar-refractivity contribution in [2.45, 2.75) is 26.2 Å². The number of aryl methyl sites for hydroxylation is 1. The van der Waals surface area contributed by atoms with Crippen molar-refractivity contribution < 1.29 is 8.91 Å². The van der Waals surface area contributed by atoms with E-state index in [1.807, 2.05) is 0 Å². The molecule has 0 saturated carbocycles. The van der Waals surface area contributed by atoms with E-state index in [9.17, 15) is 4.39 Å². The van der Waals surface area contributed by atoms with Crippen molar-refractivity contribution in [1.29, 1.82) is 0 Å². The second-order valence-corrected chi connectivity index (χ2v) is 6.06. The molecule has 1 fully saturated rings. The average molecular weight is 378 g/mol. The SMILES string of the molecule is CCCN1CCN(CCCc2noc3cc(F)ccc23)CC1.Cl.Cl. The van der Waals surface area contributed by atoms with Gasteiger partial charge in [0.15, 0.2) is 5.58 Å². The highest BCUT2D eigenvalue weighted by atomic mass is 35.5. The molecule has 1 saturated heterocycles. The molecule has 24 heavy (non-hydrogen) atoms. The fourth-order valence-electron chi connectivity index (χ4n) is 3.17. The minimum Gasteiger partial charge on any atom is -0.356 e. The maximum atomic E-state index is 13.1. The number of nitrogens with zero attached hydrogens (tertiary/aromatic N) is 3. The maximum Gasteiger partial charge on any atom is 0.170 e. The van der Waals surface area contributed by atoms with Crippen LogP contribution in [0.4, 0.5) is 4.39 Å². The summed E-state index contributed by atoms with van der Waals surface area (Å²) in [4.78, 5) is 5.06. The standard InChI is InChI=1S/C17H24FN3O.2ClH/c1-2-7-20-9-11-21(12-10-20)8-3-4-16-15-6-5-14(18)13-17(15)22-19-16;;/h5-6,13H,2-4,7-12H2,1H3;2*1H. The summed E-state index contributed by atoms with van der Waals surface area (Å²) in [5, 5.41) is 5.03. The summed E-state index contributed by atoms with van der Waals surface area (Å²) in [5.74, 6) is -0.278. The smallest absolute Gasteiger partial charge is 0.170 e. The Morgan fingerprint density at radius 3 is 2.42 bits per heavy atom. The van der Waals surface area contributed by atoms with Gasteiger partial charge < -0.3 is 14.3 Å². The molecule has 1 aliphatic heterocycles. The molecule has 3 rings (SSSR count). The first-order chi connectivity index (χ1) is 10.8. The summed E-state index contributed by atoms with van der Waals surface area (Å²) in [7, 11) is 0. The highest BCUT2D eigenvalue weighted by molar-refractivity contribution is 5.85. The van der Waals surface area contributed by atoms with E-state index in [2.05, 4.69) is 21.9 Å². The molecule has 0 radical (unpaired) electrons. The number of aromatic nitrogens is 1. The van der Waals surface area contributed by atoms with Crippen molar-refractivity contribution in [3.05, 3.63) is 29.7 Å². The number of rotatable bonds is 6. The molecule has 0 spiro atoms. The molecule has 2 aromatic rings. The molecular formula is C17H26Cl2FN3O. The third kappa shape index (κ3) is 5.31. The lowest BCUT2D eigenvalue weighted by Gasteiger charge is -2.34. The van der Waals surface area contributed by atoms with E-state index in [-0.39, 0.29) is 30.6 Å². The van der Waals surface area contributed by atoms with Crippen molar-refractivity contribution >= 4 is 35.8 Å². The largest absolute Gasteiger partial charge is 0.356 e. The molecule has 1 aromatic heterocycles. The topological polar surface area (TPSA) is 32.5 Å². The van der Waals surface area contributed by atoms with Gasteiger partial charge in [-0.2, -0.15) is 0 Å². The van der Waals surface area contributed by atoms with E-state index in [1.54, 1.807) is 6.07 Å². The van der Waals surface area contributed by atoms with E-state index >= 15 is 0 Å². The quantitative estimate of drug-likeness (QED) is 0.766. The van der Waals surface area contributed by atoms with E-state index < -0.39 is 0 Å². The maximum absolute atomic E-state index is 13.1. The van der Waals surface area contributed by atoms with Crippen molar-refractivity contribution in [1.82, 2.24) is 15.0 Å². The van der Waals surface area contributed by atoms with Gasteiger partial charge in [-0.05, 0) is 44.5 Å². The fraction of sp³-hybridized carbons (Fsp3) is 0.588. The van der Waals surface area contributed by atoms with Gasteiger partial charge in [0.25, 0.3) is 0 Å². The second-order valence-electron chi connectivity index (χ2n) is 6.06. The summed E-state index contributed by atoms with van der Waals surface area (Å²) in [6, 6.07) is 4.63. The summed E-state index contributed by atoms with van der Waals surface area (Å²) < 4.78 is 18.3. The summed E-state index contributed by atoms with van der Waals surface area (Å²) >= 11 is 0. The van der Waals surface area contributed by atoms with Gasteiger partial charge in [-0.25, -0.2) is 4.39 Å². The number of fused-ring (bicyclic) bond motifs is 1. The lowest BCUT2D eigenvalue weighted by atomic mass is 10.1. The predicted octanol–water partition coefficient (Wildman–Crippen LogP) is 3.77. The van der Waals surface area contributed by atoms with Crippen LogP contribution < -0.4 is 0 Å². The monoisotopic (exact) mass is 377 g/mol. The lowest BCUT2D eigenvalue weighted by molar-refractivity contribution is 0.131. The zero-order chi connectivity index (χ0) is 15.4. The lowest BCUT2D eigenvalue weighted by Crippen LogP contribution is -2.46. The van der Waals surface area contributed by atoms with E-state index in [4.69, 9.17) is 4.52 Å². The normalized spacial score (nSPS) is 15.9. The third-order valence-corrected chi connectivity index (χ3v) is 4.40. The molecule has 0 bridgehead atoms. The molecule has 2 heterocycles. The van der Waals surface area contributed by atoms with Crippen LogP contribution in [-0.2, 0) is 6.42 Å². The van der Waals surface area contributed by atoms with Crippen molar-refractivity contribution in [2.75, 3.05) is 39.3 Å². The molecule has 7 heteroatoms. The Hall–Kier alpha value is -0.880. The molecule has 0 amide bonds. The Bertz CT molecular complexity index is 615. The Labute approximate surface area is 155 Å². The van der Waals surface area contributed by atoms with Gasteiger partial charge in [0.2, 0.25) is 0 Å². The minimum absolute atomic E-state index is 0. The molecule has 136 valence electrons. The number of halogens is 3. The summed E-state index contributed by atoms with van der Waals surface area (Å²) in [5.41, 5.74) is 1.49. The van der Waals surface area contributed by atoms with Gasteiger partial charge in [0.05, 0.1) is 5.69 Å². The number of benzene rings is 1. The summed E-state index contributed by atoms with van der Waals surface area (Å²) in [6.07, 6.45) is 3.18. The Morgan fingerprint density at radius 1 is 1.08 bits per heavy atom. The van der Waals surface area contributed by atoms with Gasteiger partial charge in [0.1, 0.15) is 5.82 Å². The molecular weight excluding hydrogens is 352 g/mol. The van der Waals surface area contributed by atoms with Gasteiger partial charge in [-0.1, -0.05) is 12.1 Å². The van der Waals surface area contributed by atoms with Gasteiger partial charge in [-0.3, -0.25) is 0 Å². The molecule has 0 unspecified atom stereocenters. The fourth-order valence-corrected chi connectivity index (χ4v) is 3.17. The number of hydrogen-bond acceptors (Lipinski definition) is 4. The summed E-state index contributed by atoms with van der Waals surface area (Å²) in [6.45, 7) is 9.22. The van der Waals surface area contributed by atoms with Crippen LogP contribution in [0, 0.1) is 5.82 Å². The number of hydrogen-bond donors (Lipinski definition) is 0. The first-order valence-electron chi connectivity index (χ1n) is 8.25. The Kier molecular flexibility index (Phi) is 8.98. The average Bonchev–Trinajstić information content (AvgIpc) is 2.91. The molecule has 0 aliphatic carbocycles. The third-order valence-electron chi connectivity index (χ3n) is 4.40. The second kappa shape index (κ2) is 10.2. The van der Waals surface area contributed by atoms with Crippen LogP contribution in [0.5, 0.6) is 0 Å². The minimum atomic E-state index is -0.278. The molecule has 0 atom stereocenters. The van der Waals surface area contributed by atoms with Crippen molar-refractivity contribution in [3.63, 3.8) is 0 Å². The predicted molar refractivity (Wildman–Crippen MR) is 100.0 cm³/mol. The zero-order valence-corrected chi connectivity index (χ0v) is 15.7. The zero-order valence-electron chi connectivity index (χ0n) is 14.0. The van der Waals surface area contributed by atoms with Crippen LogP contribution in [0.25, 0.3) is 11.0 Å². The van der Waals surface area contributed by atoms with Crippen LogP contribution in [-0.4, -0.2) is 54.2 Å². The van der Waals surface area contributed by atoms with Gasteiger partial charge >= 0.3 is 0 Å². The van der Waals surface area contributed by atoms with Crippen molar-refractivity contribution in [2.24, 2.45) is 0 Å². The molecule has 1 aliphatic rings. The van der Waals surface area contributed by atoms with Crippen molar-refractivity contribution in [3.8, 4) is 0 Å². The van der Waals surface area contributed by atoms with Gasteiger partial charge in [0, 0.05) is 37.6 Å². The van der Waals surface area contributed by atoms with E-state index in [0.29, 0.717) is 5.58 Å².